The lowest BCUT2D eigenvalue weighted by molar-refractivity contribution is 0.134. The second-order valence-electron chi connectivity index (χ2n) is 6.87. The lowest BCUT2D eigenvalue weighted by atomic mass is 10.0. The van der Waals surface area contributed by atoms with Crippen LogP contribution in [0, 0.1) is 5.92 Å². The molecule has 0 saturated heterocycles. The Labute approximate surface area is 146 Å². The Morgan fingerprint density at radius 1 is 1.17 bits per heavy atom. The van der Waals surface area contributed by atoms with Gasteiger partial charge in [-0.2, -0.15) is 0 Å². The number of urea groups is 1. The van der Waals surface area contributed by atoms with Gasteiger partial charge in [0.25, 0.3) is 0 Å². The molecule has 2 N–H and O–H groups in total. The van der Waals surface area contributed by atoms with Crippen LogP contribution in [-0.2, 0) is 17.9 Å². The Balaban J connectivity index is 2.43. The van der Waals surface area contributed by atoms with E-state index in [-0.39, 0.29) is 12.1 Å². The lowest BCUT2D eigenvalue weighted by Gasteiger charge is -2.24. The van der Waals surface area contributed by atoms with Crippen LogP contribution >= 0.6 is 0 Å². The van der Waals surface area contributed by atoms with Crippen molar-refractivity contribution in [3.8, 4) is 0 Å². The zero-order valence-corrected chi connectivity index (χ0v) is 15.8. The largest absolute Gasteiger partial charge is 0.377 e. The molecule has 2 amide bonds. The Morgan fingerprint density at radius 3 is 2.33 bits per heavy atom. The van der Waals surface area contributed by atoms with Gasteiger partial charge < -0.3 is 20.3 Å². The van der Waals surface area contributed by atoms with Crippen LogP contribution in [0.1, 0.15) is 38.3 Å². The molecule has 1 aromatic carbocycles. The number of carbonyl (C=O) groups is 1. The first-order valence-electron chi connectivity index (χ1n) is 8.75. The zero-order chi connectivity index (χ0) is 17.9. The normalized spacial score (nSPS) is 12.5. The fourth-order valence-electron chi connectivity index (χ4n) is 2.58. The van der Waals surface area contributed by atoms with E-state index in [0.29, 0.717) is 25.7 Å². The summed E-state index contributed by atoms with van der Waals surface area (Å²) in [4.78, 5) is 14.2. The van der Waals surface area contributed by atoms with Crippen LogP contribution < -0.4 is 10.6 Å². The van der Waals surface area contributed by atoms with Crippen LogP contribution in [0.5, 0.6) is 0 Å². The molecule has 0 heterocycles. The summed E-state index contributed by atoms with van der Waals surface area (Å²) in [5, 5.41) is 6.02. The van der Waals surface area contributed by atoms with E-state index in [1.54, 1.807) is 0 Å². The van der Waals surface area contributed by atoms with Gasteiger partial charge >= 0.3 is 6.03 Å². The smallest absolute Gasteiger partial charge is 0.315 e. The van der Waals surface area contributed by atoms with Crippen molar-refractivity contribution in [2.45, 2.75) is 46.4 Å². The van der Waals surface area contributed by atoms with E-state index < -0.39 is 0 Å². The van der Waals surface area contributed by atoms with Gasteiger partial charge in [0, 0.05) is 25.7 Å². The molecular formula is C19H33N3O2. The maximum absolute atomic E-state index is 12.1. The molecule has 1 aromatic rings. The highest BCUT2D eigenvalue weighted by Crippen LogP contribution is 2.07. The number of hydrogen-bond donors (Lipinski definition) is 2. The molecular weight excluding hydrogens is 302 g/mol. The number of nitrogens with one attached hydrogen (secondary N) is 2. The Kier molecular flexibility index (Phi) is 9.42. The molecule has 5 heteroatoms. The van der Waals surface area contributed by atoms with Crippen molar-refractivity contribution in [2.75, 3.05) is 27.2 Å². The monoisotopic (exact) mass is 335 g/mol. The quantitative estimate of drug-likeness (QED) is 0.691. The second-order valence-corrected chi connectivity index (χ2v) is 6.87. The van der Waals surface area contributed by atoms with Gasteiger partial charge in [-0.25, -0.2) is 4.79 Å². The molecule has 1 atom stereocenters. The summed E-state index contributed by atoms with van der Waals surface area (Å²) in [6.07, 6.45) is 0.970. The third kappa shape index (κ3) is 8.89. The third-order valence-corrected chi connectivity index (χ3v) is 3.63. The van der Waals surface area contributed by atoms with Gasteiger partial charge in [-0.15, -0.1) is 0 Å². The summed E-state index contributed by atoms with van der Waals surface area (Å²) in [7, 11) is 4.05. The first-order chi connectivity index (χ1) is 11.4. The highest BCUT2D eigenvalue weighted by molar-refractivity contribution is 5.74. The fraction of sp³-hybridized carbons (Fsp3) is 0.632. The van der Waals surface area contributed by atoms with Crippen LogP contribution in [0.25, 0.3) is 0 Å². The van der Waals surface area contributed by atoms with Gasteiger partial charge in [0.05, 0.1) is 6.61 Å². The molecule has 0 spiro atoms. The van der Waals surface area contributed by atoms with Crippen LogP contribution in [-0.4, -0.2) is 44.2 Å². The number of nitrogens with zero attached hydrogens (tertiary/aromatic N) is 1. The molecule has 0 aromatic heterocycles. The minimum atomic E-state index is -0.110. The molecule has 0 fully saturated rings. The zero-order valence-electron chi connectivity index (χ0n) is 15.8. The highest BCUT2D eigenvalue weighted by atomic mass is 16.5. The number of likely N-dealkylation sites (N-methyl/N-ethyl adjacent to an activating group) is 1. The summed E-state index contributed by atoms with van der Waals surface area (Å²) in [5.41, 5.74) is 2.23. The van der Waals surface area contributed by atoms with E-state index in [0.717, 1.165) is 24.1 Å². The second kappa shape index (κ2) is 11.0. The van der Waals surface area contributed by atoms with Crippen molar-refractivity contribution in [1.82, 2.24) is 15.5 Å². The average Bonchev–Trinajstić information content (AvgIpc) is 2.50. The Morgan fingerprint density at radius 2 is 1.79 bits per heavy atom. The van der Waals surface area contributed by atoms with E-state index >= 15 is 0 Å². The summed E-state index contributed by atoms with van der Waals surface area (Å²) in [5.74, 6) is 0.549. The molecule has 1 rings (SSSR count). The van der Waals surface area contributed by atoms with Gasteiger partial charge in [-0.3, -0.25) is 0 Å². The highest BCUT2D eigenvalue weighted by Gasteiger charge is 2.14. The number of ether oxygens (including phenoxy) is 1. The van der Waals surface area contributed by atoms with Crippen LogP contribution in [0.2, 0.25) is 0 Å². The predicted molar refractivity (Wildman–Crippen MR) is 98.9 cm³/mol. The molecule has 1 unspecified atom stereocenters. The maximum atomic E-state index is 12.1. The number of amides is 2. The van der Waals surface area contributed by atoms with Gasteiger partial charge in [0.15, 0.2) is 0 Å². The Hall–Kier alpha value is -1.59. The number of carbonyl (C=O) groups excluding carboxylic acids is 1. The van der Waals surface area contributed by atoms with Crippen molar-refractivity contribution >= 4 is 6.03 Å². The fourth-order valence-corrected chi connectivity index (χ4v) is 2.58. The van der Waals surface area contributed by atoms with Crippen molar-refractivity contribution in [2.24, 2.45) is 5.92 Å². The minimum absolute atomic E-state index is 0.110. The van der Waals surface area contributed by atoms with Crippen LogP contribution in [0.4, 0.5) is 4.79 Å². The van der Waals surface area contributed by atoms with Crippen molar-refractivity contribution in [3.05, 3.63) is 35.4 Å². The van der Waals surface area contributed by atoms with Gasteiger partial charge in [0.2, 0.25) is 0 Å². The van der Waals surface area contributed by atoms with E-state index in [4.69, 9.17) is 4.74 Å². The molecule has 24 heavy (non-hydrogen) atoms. The van der Waals surface area contributed by atoms with E-state index in [1.807, 2.05) is 45.3 Å². The van der Waals surface area contributed by atoms with Gasteiger partial charge in [0.1, 0.15) is 0 Å². The van der Waals surface area contributed by atoms with Crippen molar-refractivity contribution < 1.29 is 9.53 Å². The molecule has 5 nitrogen and oxygen atoms in total. The van der Waals surface area contributed by atoms with Crippen molar-refractivity contribution in [1.29, 1.82) is 0 Å². The minimum Gasteiger partial charge on any atom is -0.377 e. The number of benzene rings is 1. The molecule has 136 valence electrons. The van der Waals surface area contributed by atoms with Crippen LogP contribution in [0.3, 0.4) is 0 Å². The van der Waals surface area contributed by atoms with E-state index in [2.05, 4.69) is 29.4 Å². The lowest BCUT2D eigenvalue weighted by Crippen LogP contribution is -2.46. The van der Waals surface area contributed by atoms with E-state index in [9.17, 15) is 4.79 Å². The van der Waals surface area contributed by atoms with Crippen LogP contribution in [0.15, 0.2) is 24.3 Å². The molecule has 0 saturated carbocycles. The number of rotatable bonds is 10. The summed E-state index contributed by atoms with van der Waals surface area (Å²) < 4.78 is 5.38. The molecule has 0 aliphatic heterocycles. The predicted octanol–water partition coefficient (Wildman–Crippen LogP) is 3.00. The summed E-state index contributed by atoms with van der Waals surface area (Å²) in [6.45, 7) is 9.05. The van der Waals surface area contributed by atoms with Crippen molar-refractivity contribution in [3.63, 3.8) is 0 Å². The summed E-state index contributed by atoms with van der Waals surface area (Å²) >= 11 is 0. The SMILES string of the molecule is CCOCc1ccc(CNC(=O)NC(CC(C)C)CN(C)C)cc1. The molecule has 0 radical (unpaired) electrons. The van der Waals surface area contributed by atoms with Gasteiger partial charge in [-0.1, -0.05) is 38.1 Å². The first-order valence-corrected chi connectivity index (χ1v) is 8.75. The first kappa shape index (κ1) is 20.5. The van der Waals surface area contributed by atoms with Gasteiger partial charge in [-0.05, 0) is 44.5 Å². The standard InChI is InChI=1S/C19H33N3O2/c1-6-24-14-17-9-7-16(8-10-17)12-20-19(23)21-18(11-15(2)3)13-22(4)5/h7-10,15,18H,6,11-14H2,1-5H3,(H2,20,21,23). The summed E-state index contributed by atoms with van der Waals surface area (Å²) in [6, 6.07) is 8.19. The average molecular weight is 335 g/mol. The number of hydrogen-bond acceptors (Lipinski definition) is 3. The molecule has 0 aliphatic carbocycles. The molecule has 0 aliphatic rings. The molecule has 0 bridgehead atoms. The van der Waals surface area contributed by atoms with E-state index in [1.165, 1.54) is 0 Å². The topological polar surface area (TPSA) is 53.6 Å². The third-order valence-electron chi connectivity index (χ3n) is 3.63. The Bertz CT molecular complexity index is 462. The maximum Gasteiger partial charge on any atom is 0.315 e.